The molecule has 1 atom stereocenters. The zero-order valence-corrected chi connectivity index (χ0v) is 10.3. The molecule has 1 rings (SSSR count). The van der Waals surface area contributed by atoms with E-state index in [1.54, 1.807) is 25.4 Å². The van der Waals surface area contributed by atoms with Gasteiger partial charge in [-0.3, -0.25) is 4.79 Å². The lowest BCUT2D eigenvalue weighted by atomic mass is 10.1. The summed E-state index contributed by atoms with van der Waals surface area (Å²) >= 11 is 0. The highest BCUT2D eigenvalue weighted by molar-refractivity contribution is 5.98. The third-order valence-corrected chi connectivity index (χ3v) is 2.42. The molecule has 0 saturated heterocycles. The highest BCUT2D eigenvalue weighted by Crippen LogP contribution is 2.08. The molecule has 0 radical (unpaired) electrons. The number of nitrogens with one attached hydrogen (secondary N) is 1. The van der Waals surface area contributed by atoms with Crippen molar-refractivity contribution in [2.24, 2.45) is 0 Å². The Hall–Kier alpha value is -1.62. The SMILES string of the molecule is CCCC(COC)NC(=O)c1cccnc1N. The van der Waals surface area contributed by atoms with Gasteiger partial charge in [0.15, 0.2) is 0 Å². The van der Waals surface area contributed by atoms with Crippen LogP contribution in [0.3, 0.4) is 0 Å². The normalized spacial score (nSPS) is 12.1. The molecule has 0 fully saturated rings. The highest BCUT2D eigenvalue weighted by atomic mass is 16.5. The van der Waals surface area contributed by atoms with E-state index in [1.807, 2.05) is 0 Å². The van der Waals surface area contributed by atoms with Crippen LogP contribution in [0.5, 0.6) is 0 Å². The van der Waals surface area contributed by atoms with E-state index in [2.05, 4.69) is 17.2 Å². The Morgan fingerprint density at radius 1 is 1.65 bits per heavy atom. The highest BCUT2D eigenvalue weighted by Gasteiger charge is 2.15. The molecule has 1 amide bonds. The molecule has 5 heteroatoms. The lowest BCUT2D eigenvalue weighted by Crippen LogP contribution is -2.38. The van der Waals surface area contributed by atoms with Gasteiger partial charge in [-0.15, -0.1) is 0 Å². The number of ether oxygens (including phenoxy) is 1. The van der Waals surface area contributed by atoms with Crippen LogP contribution in [-0.4, -0.2) is 30.6 Å². The van der Waals surface area contributed by atoms with E-state index in [1.165, 1.54) is 0 Å². The van der Waals surface area contributed by atoms with Gasteiger partial charge >= 0.3 is 0 Å². The molecule has 0 aliphatic heterocycles. The Morgan fingerprint density at radius 2 is 2.41 bits per heavy atom. The van der Waals surface area contributed by atoms with E-state index >= 15 is 0 Å². The van der Waals surface area contributed by atoms with Crippen LogP contribution in [0.4, 0.5) is 5.82 Å². The third-order valence-electron chi connectivity index (χ3n) is 2.42. The van der Waals surface area contributed by atoms with E-state index < -0.39 is 0 Å². The van der Waals surface area contributed by atoms with Crippen molar-refractivity contribution < 1.29 is 9.53 Å². The average molecular weight is 237 g/mol. The summed E-state index contributed by atoms with van der Waals surface area (Å²) < 4.78 is 5.06. The number of hydrogen-bond donors (Lipinski definition) is 2. The molecule has 17 heavy (non-hydrogen) atoms. The number of methoxy groups -OCH3 is 1. The van der Waals surface area contributed by atoms with E-state index in [-0.39, 0.29) is 17.8 Å². The van der Waals surface area contributed by atoms with Gasteiger partial charge in [0.05, 0.1) is 18.2 Å². The summed E-state index contributed by atoms with van der Waals surface area (Å²) in [5.41, 5.74) is 6.05. The number of rotatable bonds is 6. The summed E-state index contributed by atoms with van der Waals surface area (Å²) in [5.74, 6) is 0.0452. The van der Waals surface area contributed by atoms with Crippen LogP contribution in [0.1, 0.15) is 30.1 Å². The first-order valence-corrected chi connectivity index (χ1v) is 5.69. The van der Waals surface area contributed by atoms with Gasteiger partial charge in [-0.25, -0.2) is 4.98 Å². The number of aromatic nitrogens is 1. The molecule has 0 aromatic carbocycles. The van der Waals surface area contributed by atoms with Crippen molar-refractivity contribution in [3.8, 4) is 0 Å². The summed E-state index contributed by atoms with van der Waals surface area (Å²) in [4.78, 5) is 15.8. The Balaban J connectivity index is 2.67. The van der Waals surface area contributed by atoms with Gasteiger partial charge in [-0.05, 0) is 18.6 Å². The second kappa shape index (κ2) is 6.85. The second-order valence-electron chi connectivity index (χ2n) is 3.85. The number of carbonyl (C=O) groups excluding carboxylic acids is 1. The molecule has 1 aromatic heterocycles. The van der Waals surface area contributed by atoms with Crippen LogP contribution >= 0.6 is 0 Å². The van der Waals surface area contributed by atoms with Crippen LogP contribution < -0.4 is 11.1 Å². The number of carbonyl (C=O) groups is 1. The number of pyridine rings is 1. The third kappa shape index (κ3) is 4.03. The standard InChI is InChI=1S/C12H19N3O2/c1-3-5-9(8-17-2)15-12(16)10-6-4-7-14-11(10)13/h4,6-7,9H,3,5,8H2,1-2H3,(H2,13,14)(H,15,16). The molecular formula is C12H19N3O2. The number of nitrogen functional groups attached to an aromatic ring is 1. The number of anilines is 1. The Bertz CT molecular complexity index is 363. The van der Waals surface area contributed by atoms with Crippen LogP contribution in [0.15, 0.2) is 18.3 Å². The monoisotopic (exact) mass is 237 g/mol. The quantitative estimate of drug-likeness (QED) is 0.779. The fourth-order valence-electron chi connectivity index (χ4n) is 1.62. The van der Waals surface area contributed by atoms with E-state index in [0.717, 1.165) is 12.8 Å². The first-order valence-electron chi connectivity index (χ1n) is 5.69. The fourth-order valence-corrected chi connectivity index (χ4v) is 1.62. The van der Waals surface area contributed by atoms with Crippen LogP contribution in [0.25, 0.3) is 0 Å². The van der Waals surface area contributed by atoms with Gasteiger partial charge in [0.2, 0.25) is 0 Å². The zero-order chi connectivity index (χ0) is 12.7. The molecule has 1 aromatic rings. The van der Waals surface area contributed by atoms with E-state index in [4.69, 9.17) is 10.5 Å². The van der Waals surface area contributed by atoms with Crippen LogP contribution in [0.2, 0.25) is 0 Å². The van der Waals surface area contributed by atoms with Crippen molar-refractivity contribution in [2.75, 3.05) is 19.5 Å². The van der Waals surface area contributed by atoms with Crippen molar-refractivity contribution in [1.29, 1.82) is 0 Å². The predicted molar refractivity (Wildman–Crippen MR) is 66.7 cm³/mol. The summed E-state index contributed by atoms with van der Waals surface area (Å²) in [6.45, 7) is 2.56. The first-order chi connectivity index (χ1) is 8.19. The van der Waals surface area contributed by atoms with Gasteiger partial charge in [-0.1, -0.05) is 13.3 Å². The largest absolute Gasteiger partial charge is 0.383 e. The summed E-state index contributed by atoms with van der Waals surface area (Å²) in [5, 5.41) is 2.89. The average Bonchev–Trinajstić information content (AvgIpc) is 2.30. The topological polar surface area (TPSA) is 77.2 Å². The van der Waals surface area contributed by atoms with Crippen molar-refractivity contribution in [3.05, 3.63) is 23.9 Å². The lowest BCUT2D eigenvalue weighted by molar-refractivity contribution is 0.0892. The Kier molecular flexibility index (Phi) is 5.42. The molecule has 0 saturated carbocycles. The number of nitrogens with zero attached hydrogens (tertiary/aromatic N) is 1. The molecule has 0 spiro atoms. The van der Waals surface area contributed by atoms with Crippen molar-refractivity contribution in [1.82, 2.24) is 10.3 Å². The molecular weight excluding hydrogens is 218 g/mol. The van der Waals surface area contributed by atoms with Gasteiger partial charge in [0.25, 0.3) is 5.91 Å². The van der Waals surface area contributed by atoms with Gasteiger partial charge in [0.1, 0.15) is 5.82 Å². The van der Waals surface area contributed by atoms with Gasteiger partial charge < -0.3 is 15.8 Å². The smallest absolute Gasteiger partial charge is 0.255 e. The lowest BCUT2D eigenvalue weighted by Gasteiger charge is -2.17. The molecule has 1 heterocycles. The van der Waals surface area contributed by atoms with Gasteiger partial charge in [0, 0.05) is 13.3 Å². The summed E-state index contributed by atoms with van der Waals surface area (Å²) in [6.07, 6.45) is 3.42. The van der Waals surface area contributed by atoms with Crippen molar-refractivity contribution in [2.45, 2.75) is 25.8 Å². The maximum Gasteiger partial charge on any atom is 0.255 e. The molecule has 0 aliphatic carbocycles. The number of nitrogens with two attached hydrogens (primary N) is 1. The molecule has 0 aliphatic rings. The Morgan fingerprint density at radius 3 is 3.00 bits per heavy atom. The Labute approximate surface area is 101 Å². The minimum Gasteiger partial charge on any atom is -0.383 e. The van der Waals surface area contributed by atoms with Crippen LogP contribution in [-0.2, 0) is 4.74 Å². The minimum absolute atomic E-state index is 0.0112. The zero-order valence-electron chi connectivity index (χ0n) is 10.3. The molecule has 5 nitrogen and oxygen atoms in total. The number of amides is 1. The van der Waals surface area contributed by atoms with E-state index in [0.29, 0.717) is 12.2 Å². The van der Waals surface area contributed by atoms with Crippen molar-refractivity contribution in [3.63, 3.8) is 0 Å². The second-order valence-corrected chi connectivity index (χ2v) is 3.85. The van der Waals surface area contributed by atoms with Gasteiger partial charge in [-0.2, -0.15) is 0 Å². The van der Waals surface area contributed by atoms with Crippen LogP contribution in [0, 0.1) is 0 Å². The first kappa shape index (κ1) is 13.4. The predicted octanol–water partition coefficient (Wildman–Crippen LogP) is 1.21. The molecule has 3 N–H and O–H groups in total. The number of hydrogen-bond acceptors (Lipinski definition) is 4. The maximum absolute atomic E-state index is 11.9. The van der Waals surface area contributed by atoms with Crippen molar-refractivity contribution >= 4 is 11.7 Å². The molecule has 94 valence electrons. The summed E-state index contributed by atoms with van der Waals surface area (Å²) in [7, 11) is 1.62. The van der Waals surface area contributed by atoms with E-state index in [9.17, 15) is 4.79 Å². The maximum atomic E-state index is 11.9. The fraction of sp³-hybridized carbons (Fsp3) is 0.500. The summed E-state index contributed by atoms with van der Waals surface area (Å²) in [6, 6.07) is 3.36. The minimum atomic E-state index is -0.203. The molecule has 0 bridgehead atoms. The molecule has 1 unspecified atom stereocenters.